The van der Waals surface area contributed by atoms with Crippen molar-refractivity contribution in [1.82, 2.24) is 10.2 Å². The van der Waals surface area contributed by atoms with E-state index in [0.29, 0.717) is 21.9 Å². The summed E-state index contributed by atoms with van der Waals surface area (Å²) >= 11 is 5.46. The van der Waals surface area contributed by atoms with Gasteiger partial charge in [0, 0.05) is 24.0 Å². The molecule has 0 aliphatic carbocycles. The normalized spacial score (nSPS) is 15.7. The van der Waals surface area contributed by atoms with E-state index < -0.39 is 6.04 Å². The Bertz CT molecular complexity index is 1080. The number of hydrogen-bond donors (Lipinski definition) is 2. The lowest BCUT2D eigenvalue weighted by Crippen LogP contribution is -2.46. The standard InChI is InChI=1S/C27H33N3O3S/c1-5-7-8-10-19-13-15-20(16-14-19)25(31)28-22-12-9-11-21(17-22)24-23(26(32)33-6-2)18(3)30(4)27(34)29-24/h9,11-17,24H,5-8,10H2,1-4H3,(H,28,31)(H,29,34). The molecule has 0 radical (unpaired) electrons. The van der Waals surface area contributed by atoms with Gasteiger partial charge in [0.1, 0.15) is 0 Å². The molecule has 0 aromatic heterocycles. The third-order valence-electron chi connectivity index (χ3n) is 6.01. The second-order valence-electron chi connectivity index (χ2n) is 8.39. The molecule has 0 saturated carbocycles. The molecule has 34 heavy (non-hydrogen) atoms. The summed E-state index contributed by atoms with van der Waals surface area (Å²) < 4.78 is 5.30. The highest BCUT2D eigenvalue weighted by Crippen LogP contribution is 2.32. The van der Waals surface area contributed by atoms with Crippen molar-refractivity contribution >= 4 is 34.9 Å². The molecule has 0 bridgehead atoms. The van der Waals surface area contributed by atoms with Crippen molar-refractivity contribution in [2.75, 3.05) is 19.0 Å². The number of ether oxygens (including phenoxy) is 1. The molecule has 3 rings (SSSR count). The van der Waals surface area contributed by atoms with Crippen LogP contribution >= 0.6 is 12.2 Å². The van der Waals surface area contributed by atoms with E-state index in [2.05, 4.69) is 17.6 Å². The summed E-state index contributed by atoms with van der Waals surface area (Å²) in [6.07, 6.45) is 4.58. The van der Waals surface area contributed by atoms with E-state index in [1.54, 1.807) is 11.8 Å². The summed E-state index contributed by atoms with van der Waals surface area (Å²) in [6, 6.07) is 14.7. The van der Waals surface area contributed by atoms with Gasteiger partial charge in [-0.1, -0.05) is 44.0 Å². The third-order valence-corrected chi connectivity index (χ3v) is 6.40. The summed E-state index contributed by atoms with van der Waals surface area (Å²) in [6.45, 7) is 6.10. The van der Waals surface area contributed by atoms with Crippen molar-refractivity contribution in [2.45, 2.75) is 52.5 Å². The van der Waals surface area contributed by atoms with Gasteiger partial charge in [-0.15, -0.1) is 0 Å². The van der Waals surface area contributed by atoms with E-state index in [1.807, 2.05) is 62.5 Å². The highest BCUT2D eigenvalue weighted by Gasteiger charge is 2.33. The van der Waals surface area contributed by atoms with Gasteiger partial charge in [0.2, 0.25) is 0 Å². The first-order chi connectivity index (χ1) is 16.3. The molecule has 0 fully saturated rings. The Labute approximate surface area is 207 Å². The summed E-state index contributed by atoms with van der Waals surface area (Å²) in [5, 5.41) is 6.71. The first-order valence-corrected chi connectivity index (χ1v) is 12.2. The number of nitrogens with zero attached hydrogens (tertiary/aromatic N) is 1. The molecule has 2 aromatic carbocycles. The molecule has 1 heterocycles. The topological polar surface area (TPSA) is 70.7 Å². The van der Waals surface area contributed by atoms with Gasteiger partial charge in [-0.25, -0.2) is 4.79 Å². The van der Waals surface area contributed by atoms with E-state index in [9.17, 15) is 9.59 Å². The lowest BCUT2D eigenvalue weighted by Gasteiger charge is -2.35. The number of hydrogen-bond acceptors (Lipinski definition) is 4. The van der Waals surface area contributed by atoms with E-state index >= 15 is 0 Å². The van der Waals surface area contributed by atoms with E-state index in [-0.39, 0.29) is 18.5 Å². The summed E-state index contributed by atoms with van der Waals surface area (Å²) in [7, 11) is 1.81. The molecule has 2 N–H and O–H groups in total. The molecular formula is C27H33N3O3S. The minimum Gasteiger partial charge on any atom is -0.463 e. The average Bonchev–Trinajstić information content (AvgIpc) is 2.83. The number of rotatable bonds is 9. The molecule has 6 nitrogen and oxygen atoms in total. The summed E-state index contributed by atoms with van der Waals surface area (Å²) in [5.41, 5.74) is 4.53. The quantitative estimate of drug-likeness (QED) is 0.286. The monoisotopic (exact) mass is 479 g/mol. The Hall–Kier alpha value is -3.19. The van der Waals surface area contributed by atoms with Gasteiger partial charge in [-0.05, 0) is 74.3 Å². The number of carbonyl (C=O) groups excluding carboxylic acids is 2. The van der Waals surface area contributed by atoms with Crippen LogP contribution in [0.15, 0.2) is 59.8 Å². The molecule has 0 saturated heterocycles. The Morgan fingerprint density at radius 3 is 2.53 bits per heavy atom. The molecular weight excluding hydrogens is 446 g/mol. The van der Waals surface area contributed by atoms with Crippen LogP contribution in [0.1, 0.15) is 67.6 Å². The Kier molecular flexibility index (Phi) is 8.82. The number of aryl methyl sites for hydroxylation is 1. The lowest BCUT2D eigenvalue weighted by atomic mass is 9.94. The minimum absolute atomic E-state index is 0.179. The second kappa shape index (κ2) is 11.8. The smallest absolute Gasteiger partial charge is 0.338 e. The first kappa shape index (κ1) is 25.4. The summed E-state index contributed by atoms with van der Waals surface area (Å²) in [5.74, 6) is -0.568. The number of nitrogens with one attached hydrogen (secondary N) is 2. The van der Waals surface area contributed by atoms with Gasteiger partial charge >= 0.3 is 5.97 Å². The highest BCUT2D eigenvalue weighted by molar-refractivity contribution is 7.80. The molecule has 180 valence electrons. The maximum Gasteiger partial charge on any atom is 0.338 e. The Morgan fingerprint density at radius 1 is 1.12 bits per heavy atom. The van der Waals surface area contributed by atoms with Crippen LogP contribution in [0.5, 0.6) is 0 Å². The predicted molar refractivity (Wildman–Crippen MR) is 140 cm³/mol. The fourth-order valence-electron chi connectivity index (χ4n) is 3.96. The molecule has 7 heteroatoms. The van der Waals surface area contributed by atoms with E-state index in [0.717, 1.165) is 24.1 Å². The maximum absolute atomic E-state index is 12.8. The SMILES string of the molecule is CCCCCc1ccc(C(=O)Nc2cccc(C3NC(=S)N(C)C(C)=C3C(=O)OCC)c2)cc1. The Morgan fingerprint density at radius 2 is 1.85 bits per heavy atom. The number of amides is 1. The number of anilines is 1. The lowest BCUT2D eigenvalue weighted by molar-refractivity contribution is -0.139. The van der Waals surface area contributed by atoms with Gasteiger partial charge < -0.3 is 20.3 Å². The van der Waals surface area contributed by atoms with Crippen molar-refractivity contribution in [1.29, 1.82) is 0 Å². The maximum atomic E-state index is 12.8. The zero-order chi connectivity index (χ0) is 24.7. The molecule has 1 unspecified atom stereocenters. The zero-order valence-corrected chi connectivity index (χ0v) is 21.1. The first-order valence-electron chi connectivity index (χ1n) is 11.8. The van der Waals surface area contributed by atoms with Crippen LogP contribution in [0.3, 0.4) is 0 Å². The Balaban J connectivity index is 1.79. The number of thiocarbonyl (C=S) groups is 1. The summed E-state index contributed by atoms with van der Waals surface area (Å²) in [4.78, 5) is 27.3. The van der Waals surface area contributed by atoms with Crippen LogP contribution in [-0.4, -0.2) is 35.5 Å². The van der Waals surface area contributed by atoms with Crippen molar-refractivity contribution in [2.24, 2.45) is 0 Å². The van der Waals surface area contributed by atoms with Crippen LogP contribution in [0.25, 0.3) is 0 Å². The van der Waals surface area contributed by atoms with Gasteiger partial charge in [0.15, 0.2) is 5.11 Å². The molecule has 2 aromatic rings. The fourth-order valence-corrected chi connectivity index (χ4v) is 4.21. The third kappa shape index (κ3) is 6.03. The van der Waals surface area contributed by atoms with Crippen LogP contribution in [-0.2, 0) is 16.0 Å². The van der Waals surface area contributed by atoms with Crippen molar-refractivity contribution in [3.63, 3.8) is 0 Å². The number of esters is 1. The van der Waals surface area contributed by atoms with Crippen molar-refractivity contribution < 1.29 is 14.3 Å². The average molecular weight is 480 g/mol. The highest BCUT2D eigenvalue weighted by atomic mass is 32.1. The number of carbonyl (C=O) groups is 2. The van der Waals surface area contributed by atoms with Crippen LogP contribution in [0, 0.1) is 0 Å². The van der Waals surface area contributed by atoms with Crippen LogP contribution in [0.4, 0.5) is 5.69 Å². The predicted octanol–water partition coefficient (Wildman–Crippen LogP) is 5.37. The van der Waals surface area contributed by atoms with Gasteiger partial charge in [-0.3, -0.25) is 4.79 Å². The van der Waals surface area contributed by atoms with E-state index in [4.69, 9.17) is 17.0 Å². The number of unbranched alkanes of at least 4 members (excludes halogenated alkanes) is 2. The van der Waals surface area contributed by atoms with Gasteiger partial charge in [0.25, 0.3) is 5.91 Å². The molecule has 1 aliphatic rings. The van der Waals surface area contributed by atoms with Crippen LogP contribution in [0.2, 0.25) is 0 Å². The fraction of sp³-hybridized carbons (Fsp3) is 0.370. The van der Waals surface area contributed by atoms with Crippen molar-refractivity contribution in [3.05, 3.63) is 76.5 Å². The van der Waals surface area contributed by atoms with Crippen molar-refractivity contribution in [3.8, 4) is 0 Å². The largest absolute Gasteiger partial charge is 0.463 e. The second-order valence-corrected chi connectivity index (χ2v) is 8.78. The zero-order valence-electron chi connectivity index (χ0n) is 20.3. The molecule has 1 aliphatic heterocycles. The minimum atomic E-state index is -0.470. The molecule has 0 spiro atoms. The molecule has 1 amide bonds. The number of allylic oxidation sites excluding steroid dienone is 1. The molecule has 1 atom stereocenters. The van der Waals surface area contributed by atoms with E-state index in [1.165, 1.54) is 18.4 Å². The van der Waals surface area contributed by atoms with Gasteiger partial charge in [0.05, 0.1) is 18.2 Å². The van der Waals surface area contributed by atoms with Crippen LogP contribution < -0.4 is 10.6 Å². The van der Waals surface area contributed by atoms with Gasteiger partial charge in [-0.2, -0.15) is 0 Å². The number of benzene rings is 2.